The predicted octanol–water partition coefficient (Wildman–Crippen LogP) is 3.25. The number of hydrogen-bond donors (Lipinski definition) is 1. The molecule has 0 saturated heterocycles. The molecule has 25 heavy (non-hydrogen) atoms. The van der Waals surface area contributed by atoms with Gasteiger partial charge in [-0.15, -0.1) is 10.2 Å². The van der Waals surface area contributed by atoms with Gasteiger partial charge in [-0.05, 0) is 30.7 Å². The highest BCUT2D eigenvalue weighted by atomic mass is 79.9. The number of nitrogens with zero attached hydrogens (tertiary/aromatic N) is 4. The van der Waals surface area contributed by atoms with Crippen molar-refractivity contribution in [1.82, 2.24) is 20.0 Å². The third-order valence-corrected chi connectivity index (χ3v) is 4.08. The van der Waals surface area contributed by atoms with Crippen LogP contribution in [-0.2, 0) is 6.42 Å². The van der Waals surface area contributed by atoms with Crippen LogP contribution in [0.1, 0.15) is 23.0 Å². The van der Waals surface area contributed by atoms with Crippen LogP contribution >= 0.6 is 15.9 Å². The molecule has 0 aliphatic heterocycles. The zero-order valence-corrected chi connectivity index (χ0v) is 15.3. The molecule has 0 aliphatic carbocycles. The number of amides is 1. The van der Waals surface area contributed by atoms with E-state index in [9.17, 15) is 4.79 Å². The Hall–Kier alpha value is -2.74. The first-order valence-electron chi connectivity index (χ1n) is 7.64. The zero-order chi connectivity index (χ0) is 17.8. The van der Waals surface area contributed by atoms with Crippen LogP contribution < -0.4 is 10.1 Å². The summed E-state index contributed by atoms with van der Waals surface area (Å²) in [6.07, 6.45) is 2.16. The molecule has 1 aromatic carbocycles. The van der Waals surface area contributed by atoms with Gasteiger partial charge in [0, 0.05) is 16.2 Å². The second-order valence-electron chi connectivity index (χ2n) is 5.17. The Balaban J connectivity index is 1.89. The summed E-state index contributed by atoms with van der Waals surface area (Å²) in [4.78, 5) is 12.6. The molecule has 2 heterocycles. The number of benzene rings is 1. The normalized spacial score (nSPS) is 10.5. The van der Waals surface area contributed by atoms with E-state index < -0.39 is 0 Å². The lowest BCUT2D eigenvalue weighted by molar-refractivity contribution is 0.102. The first-order chi connectivity index (χ1) is 12.1. The Labute approximate surface area is 153 Å². The van der Waals surface area contributed by atoms with Gasteiger partial charge in [0.1, 0.15) is 0 Å². The minimum absolute atomic E-state index is 0.220. The van der Waals surface area contributed by atoms with Gasteiger partial charge < -0.3 is 10.1 Å². The number of halogens is 1. The van der Waals surface area contributed by atoms with Crippen LogP contribution in [0, 0.1) is 0 Å². The van der Waals surface area contributed by atoms with Crippen molar-refractivity contribution in [1.29, 1.82) is 0 Å². The van der Waals surface area contributed by atoms with Crippen molar-refractivity contribution in [2.45, 2.75) is 13.3 Å². The van der Waals surface area contributed by atoms with Crippen molar-refractivity contribution in [3.05, 3.63) is 58.3 Å². The number of carbonyl (C=O) groups is 1. The SMILES string of the molecule is CCc1c(C(=O)Nc2cccc(Br)c2)cnn1-c1ccc(OC)nn1. The summed E-state index contributed by atoms with van der Waals surface area (Å²) in [5.41, 5.74) is 1.96. The van der Waals surface area contributed by atoms with Gasteiger partial charge in [0.05, 0.1) is 24.6 Å². The monoisotopic (exact) mass is 401 g/mol. The molecule has 0 atom stereocenters. The summed E-state index contributed by atoms with van der Waals surface area (Å²) >= 11 is 3.39. The van der Waals surface area contributed by atoms with Gasteiger partial charge in [-0.25, -0.2) is 4.68 Å². The fourth-order valence-electron chi connectivity index (χ4n) is 2.40. The molecule has 3 aromatic rings. The lowest BCUT2D eigenvalue weighted by Gasteiger charge is -2.08. The summed E-state index contributed by atoms with van der Waals surface area (Å²) in [6.45, 7) is 1.96. The molecule has 7 nitrogen and oxygen atoms in total. The van der Waals surface area contributed by atoms with Gasteiger partial charge in [0.25, 0.3) is 5.91 Å². The Morgan fingerprint density at radius 2 is 2.12 bits per heavy atom. The van der Waals surface area contributed by atoms with Gasteiger partial charge in [0.2, 0.25) is 5.88 Å². The van der Waals surface area contributed by atoms with E-state index in [1.165, 1.54) is 13.3 Å². The summed E-state index contributed by atoms with van der Waals surface area (Å²) < 4.78 is 7.52. The molecule has 2 aromatic heterocycles. The Bertz CT molecular complexity index is 892. The Morgan fingerprint density at radius 1 is 1.28 bits per heavy atom. The number of rotatable bonds is 5. The lowest BCUT2D eigenvalue weighted by Crippen LogP contribution is -2.14. The largest absolute Gasteiger partial charge is 0.480 e. The molecule has 3 rings (SSSR count). The molecule has 0 bridgehead atoms. The number of anilines is 1. The van der Waals surface area contributed by atoms with E-state index in [4.69, 9.17) is 4.74 Å². The summed E-state index contributed by atoms with van der Waals surface area (Å²) in [5.74, 6) is 0.725. The van der Waals surface area contributed by atoms with Crippen molar-refractivity contribution in [3.8, 4) is 11.7 Å². The van der Waals surface area contributed by atoms with Gasteiger partial charge in [-0.3, -0.25) is 4.79 Å². The van der Waals surface area contributed by atoms with E-state index in [1.54, 1.807) is 16.8 Å². The number of carbonyl (C=O) groups excluding carboxylic acids is 1. The average Bonchev–Trinajstić information content (AvgIpc) is 3.06. The Kier molecular flexibility index (Phi) is 5.08. The van der Waals surface area contributed by atoms with Crippen LogP contribution in [0.4, 0.5) is 5.69 Å². The van der Waals surface area contributed by atoms with Gasteiger partial charge >= 0.3 is 0 Å². The van der Waals surface area contributed by atoms with Crippen molar-refractivity contribution in [2.75, 3.05) is 12.4 Å². The average molecular weight is 402 g/mol. The second-order valence-corrected chi connectivity index (χ2v) is 6.08. The highest BCUT2D eigenvalue weighted by Gasteiger charge is 2.18. The van der Waals surface area contributed by atoms with Crippen molar-refractivity contribution < 1.29 is 9.53 Å². The summed E-state index contributed by atoms with van der Waals surface area (Å²) in [7, 11) is 1.53. The highest BCUT2D eigenvalue weighted by Crippen LogP contribution is 2.19. The minimum Gasteiger partial charge on any atom is -0.480 e. The van der Waals surface area contributed by atoms with E-state index in [0.29, 0.717) is 29.4 Å². The quantitative estimate of drug-likeness (QED) is 0.709. The maximum Gasteiger partial charge on any atom is 0.259 e. The molecule has 0 aliphatic rings. The first-order valence-corrected chi connectivity index (χ1v) is 8.43. The first kappa shape index (κ1) is 17.1. The summed E-state index contributed by atoms with van der Waals surface area (Å²) in [6, 6.07) is 10.9. The highest BCUT2D eigenvalue weighted by molar-refractivity contribution is 9.10. The van der Waals surface area contributed by atoms with Crippen molar-refractivity contribution in [2.24, 2.45) is 0 Å². The van der Waals surface area contributed by atoms with Crippen molar-refractivity contribution in [3.63, 3.8) is 0 Å². The molecular formula is C17H16BrN5O2. The van der Waals surface area contributed by atoms with E-state index in [2.05, 4.69) is 36.5 Å². The van der Waals surface area contributed by atoms with E-state index >= 15 is 0 Å². The third-order valence-electron chi connectivity index (χ3n) is 3.58. The Morgan fingerprint density at radius 3 is 2.76 bits per heavy atom. The number of methoxy groups -OCH3 is 1. The zero-order valence-electron chi connectivity index (χ0n) is 13.7. The van der Waals surface area contributed by atoms with E-state index in [1.807, 2.05) is 31.2 Å². The minimum atomic E-state index is -0.220. The number of ether oxygens (including phenoxy) is 1. The van der Waals surface area contributed by atoms with E-state index in [-0.39, 0.29) is 5.91 Å². The van der Waals surface area contributed by atoms with Crippen molar-refractivity contribution >= 4 is 27.5 Å². The van der Waals surface area contributed by atoms with Gasteiger partial charge in [0.15, 0.2) is 5.82 Å². The maximum absolute atomic E-state index is 12.6. The van der Waals surface area contributed by atoms with Crippen LogP contribution in [0.15, 0.2) is 47.1 Å². The number of aromatic nitrogens is 4. The van der Waals surface area contributed by atoms with E-state index in [0.717, 1.165) is 10.2 Å². The molecule has 8 heteroatoms. The standard InChI is InChI=1S/C17H16BrN5O2/c1-3-14-13(17(24)20-12-6-4-5-11(18)9-12)10-19-23(14)15-7-8-16(25-2)22-21-15/h4-10H,3H2,1-2H3,(H,20,24). The van der Waals surface area contributed by atoms with Crippen LogP contribution in [-0.4, -0.2) is 33.0 Å². The molecular weight excluding hydrogens is 386 g/mol. The fourth-order valence-corrected chi connectivity index (χ4v) is 2.80. The molecule has 0 radical (unpaired) electrons. The van der Waals surface area contributed by atoms with Crippen LogP contribution in [0.5, 0.6) is 5.88 Å². The molecule has 0 unspecified atom stereocenters. The molecule has 0 fully saturated rings. The smallest absolute Gasteiger partial charge is 0.259 e. The molecule has 1 N–H and O–H groups in total. The third kappa shape index (κ3) is 3.69. The predicted molar refractivity (Wildman–Crippen MR) is 97.2 cm³/mol. The molecule has 0 spiro atoms. The topological polar surface area (TPSA) is 81.9 Å². The fraction of sp³-hybridized carbons (Fsp3) is 0.176. The molecule has 128 valence electrons. The molecule has 1 amide bonds. The van der Waals surface area contributed by atoms with Crippen LogP contribution in [0.25, 0.3) is 5.82 Å². The lowest BCUT2D eigenvalue weighted by atomic mass is 10.2. The van der Waals surface area contributed by atoms with Gasteiger partial charge in [-0.2, -0.15) is 5.10 Å². The van der Waals surface area contributed by atoms with Crippen LogP contribution in [0.2, 0.25) is 0 Å². The second kappa shape index (κ2) is 7.43. The number of nitrogens with one attached hydrogen (secondary N) is 1. The van der Waals surface area contributed by atoms with Gasteiger partial charge in [-0.1, -0.05) is 28.9 Å². The summed E-state index contributed by atoms with van der Waals surface area (Å²) in [5, 5.41) is 15.2. The number of hydrogen-bond acceptors (Lipinski definition) is 5. The molecule has 0 saturated carbocycles. The van der Waals surface area contributed by atoms with Crippen LogP contribution in [0.3, 0.4) is 0 Å². The maximum atomic E-state index is 12.6.